The second-order valence-electron chi connectivity index (χ2n) is 9.41. The Labute approximate surface area is 219 Å². The van der Waals surface area contributed by atoms with Crippen LogP contribution in [-0.4, -0.2) is 41.7 Å². The van der Waals surface area contributed by atoms with Crippen LogP contribution in [0.15, 0.2) is 54.6 Å². The Morgan fingerprint density at radius 2 is 1.58 bits per heavy atom. The summed E-state index contributed by atoms with van der Waals surface area (Å²) in [5, 5.41) is 0.999. The molecule has 2 aliphatic heterocycles. The average Bonchev–Trinajstić information content (AvgIpc) is 3.37. The molecular formula is C27H25Cl2N3O4. The molecule has 2 heterocycles. The van der Waals surface area contributed by atoms with E-state index in [1.165, 1.54) is 4.90 Å². The fourth-order valence-electron chi connectivity index (χ4n) is 5.15. The van der Waals surface area contributed by atoms with Gasteiger partial charge in [0.05, 0.1) is 11.8 Å². The normalized spacial score (nSPS) is 23.4. The third-order valence-corrected chi connectivity index (χ3v) is 7.92. The SMILES string of the molecule is Cc1ccc(N(CN2C(=O)C3CC=CCC3C2=O)C(=O)C2CCN(c3ccc(Cl)cc3)C2=O)cc1Cl. The first-order valence-corrected chi connectivity index (χ1v) is 12.7. The summed E-state index contributed by atoms with van der Waals surface area (Å²) in [7, 11) is 0. The first kappa shape index (κ1) is 24.5. The van der Waals surface area contributed by atoms with E-state index in [1.807, 2.05) is 19.1 Å². The monoisotopic (exact) mass is 525 g/mol. The average molecular weight is 526 g/mol. The standard InChI is InChI=1S/C27H25Cl2N3O4/c1-16-6-9-19(14-23(16)29)31(15-32-24(33)20-4-2-3-5-21(20)25(32)34)27(36)22-12-13-30(26(22)35)18-10-7-17(28)8-11-18/h2-3,6-11,14,20-22H,4-5,12-13,15H2,1H3. The summed E-state index contributed by atoms with van der Waals surface area (Å²) in [5.74, 6) is -3.13. The lowest BCUT2D eigenvalue weighted by molar-refractivity contribution is -0.140. The first-order chi connectivity index (χ1) is 17.3. The van der Waals surface area contributed by atoms with Gasteiger partial charge in [0.25, 0.3) is 0 Å². The number of rotatable bonds is 5. The van der Waals surface area contributed by atoms with E-state index >= 15 is 0 Å². The Kier molecular flexibility index (Phi) is 6.62. The van der Waals surface area contributed by atoms with Crippen LogP contribution < -0.4 is 9.80 Å². The predicted octanol–water partition coefficient (Wildman–Crippen LogP) is 4.60. The Morgan fingerprint density at radius 3 is 2.19 bits per heavy atom. The maximum absolute atomic E-state index is 13.9. The molecule has 4 amide bonds. The van der Waals surface area contributed by atoms with Crippen molar-refractivity contribution in [3.63, 3.8) is 0 Å². The summed E-state index contributed by atoms with van der Waals surface area (Å²) in [6, 6.07) is 12.0. The van der Waals surface area contributed by atoms with E-state index in [0.717, 1.165) is 10.5 Å². The highest BCUT2D eigenvalue weighted by Gasteiger charge is 2.49. The van der Waals surface area contributed by atoms with E-state index in [9.17, 15) is 19.2 Å². The van der Waals surface area contributed by atoms with E-state index in [2.05, 4.69) is 0 Å². The smallest absolute Gasteiger partial charge is 0.241 e. The highest BCUT2D eigenvalue weighted by molar-refractivity contribution is 6.31. The molecule has 1 aliphatic carbocycles. The van der Waals surface area contributed by atoms with Gasteiger partial charge in [-0.25, -0.2) is 0 Å². The van der Waals surface area contributed by atoms with Gasteiger partial charge in [-0.2, -0.15) is 0 Å². The molecule has 5 rings (SSSR count). The highest BCUT2D eigenvalue weighted by Crippen LogP contribution is 2.36. The van der Waals surface area contributed by atoms with E-state index in [-0.39, 0.29) is 24.4 Å². The van der Waals surface area contributed by atoms with Crippen molar-refractivity contribution in [2.24, 2.45) is 17.8 Å². The molecule has 2 aromatic carbocycles. The number of allylic oxidation sites excluding steroid dienone is 2. The lowest BCUT2D eigenvalue weighted by atomic mass is 9.85. The molecule has 2 aromatic rings. The number of amides is 4. The number of imide groups is 1. The Bertz CT molecular complexity index is 1250. The molecular weight excluding hydrogens is 501 g/mol. The lowest BCUT2D eigenvalue weighted by Crippen LogP contribution is -2.48. The molecule has 0 bridgehead atoms. The van der Waals surface area contributed by atoms with Gasteiger partial charge in [-0.3, -0.25) is 29.0 Å². The van der Waals surface area contributed by atoms with Crippen LogP contribution >= 0.6 is 23.2 Å². The molecule has 3 atom stereocenters. The minimum Gasteiger partial charge on any atom is -0.312 e. The predicted molar refractivity (Wildman–Crippen MR) is 138 cm³/mol. The number of nitrogens with zero attached hydrogens (tertiary/aromatic N) is 3. The van der Waals surface area contributed by atoms with Gasteiger partial charge >= 0.3 is 0 Å². The minimum absolute atomic E-state index is 0.256. The minimum atomic E-state index is -0.947. The number of halogens is 2. The maximum atomic E-state index is 13.9. The van der Waals surface area contributed by atoms with Gasteiger partial charge in [0.2, 0.25) is 23.6 Å². The second kappa shape index (κ2) is 9.71. The van der Waals surface area contributed by atoms with Crippen molar-refractivity contribution in [2.75, 3.05) is 23.0 Å². The molecule has 0 radical (unpaired) electrons. The molecule has 9 heteroatoms. The fourth-order valence-corrected chi connectivity index (χ4v) is 5.45. The number of hydrogen-bond donors (Lipinski definition) is 0. The third kappa shape index (κ3) is 4.31. The van der Waals surface area contributed by atoms with E-state index < -0.39 is 23.7 Å². The number of anilines is 2. The number of benzene rings is 2. The molecule has 0 N–H and O–H groups in total. The summed E-state index contributed by atoms with van der Waals surface area (Å²) in [4.78, 5) is 57.5. The van der Waals surface area contributed by atoms with Crippen molar-refractivity contribution in [3.8, 4) is 0 Å². The Morgan fingerprint density at radius 1 is 0.944 bits per heavy atom. The van der Waals surface area contributed by atoms with Crippen molar-refractivity contribution in [1.82, 2.24) is 4.90 Å². The fraction of sp³-hybridized carbons (Fsp3) is 0.333. The molecule has 3 unspecified atom stereocenters. The van der Waals surface area contributed by atoms with Gasteiger partial charge in [0.1, 0.15) is 12.6 Å². The van der Waals surface area contributed by atoms with Crippen molar-refractivity contribution in [1.29, 1.82) is 0 Å². The Balaban J connectivity index is 1.44. The molecule has 36 heavy (non-hydrogen) atoms. The molecule has 3 aliphatic rings. The van der Waals surface area contributed by atoms with Crippen LogP contribution in [-0.2, 0) is 19.2 Å². The molecule has 0 aromatic heterocycles. The van der Waals surface area contributed by atoms with Gasteiger partial charge in [-0.05, 0) is 68.1 Å². The number of fused-ring (bicyclic) bond motifs is 1. The second-order valence-corrected chi connectivity index (χ2v) is 10.3. The van der Waals surface area contributed by atoms with Crippen LogP contribution in [0.25, 0.3) is 0 Å². The van der Waals surface area contributed by atoms with Crippen LogP contribution in [0.3, 0.4) is 0 Å². The molecule has 0 saturated carbocycles. The number of aryl methyl sites for hydroxylation is 1. The topological polar surface area (TPSA) is 78.0 Å². The van der Waals surface area contributed by atoms with Gasteiger partial charge in [-0.1, -0.05) is 41.4 Å². The quantitative estimate of drug-likeness (QED) is 0.324. The van der Waals surface area contributed by atoms with Gasteiger partial charge < -0.3 is 4.90 Å². The van der Waals surface area contributed by atoms with Crippen molar-refractivity contribution < 1.29 is 19.2 Å². The summed E-state index contributed by atoms with van der Waals surface area (Å²) in [6.45, 7) is 1.96. The first-order valence-electron chi connectivity index (χ1n) is 11.9. The number of hydrogen-bond acceptors (Lipinski definition) is 4. The molecule has 2 saturated heterocycles. The van der Waals surface area contributed by atoms with E-state index in [4.69, 9.17) is 23.2 Å². The van der Waals surface area contributed by atoms with E-state index in [1.54, 1.807) is 47.4 Å². The maximum Gasteiger partial charge on any atom is 0.241 e. The number of carbonyl (C=O) groups excluding carboxylic acids is 4. The summed E-state index contributed by atoms with van der Waals surface area (Å²) >= 11 is 12.3. The summed E-state index contributed by atoms with van der Waals surface area (Å²) in [5.41, 5.74) is 1.91. The molecule has 0 spiro atoms. The van der Waals surface area contributed by atoms with Gasteiger partial charge in [0, 0.05) is 28.0 Å². The van der Waals surface area contributed by atoms with Gasteiger partial charge in [0.15, 0.2) is 0 Å². The van der Waals surface area contributed by atoms with Crippen LogP contribution in [0, 0.1) is 24.7 Å². The zero-order valence-electron chi connectivity index (χ0n) is 19.7. The third-order valence-electron chi connectivity index (χ3n) is 7.26. The zero-order chi connectivity index (χ0) is 25.6. The van der Waals surface area contributed by atoms with Crippen molar-refractivity contribution in [3.05, 3.63) is 70.2 Å². The molecule has 7 nitrogen and oxygen atoms in total. The van der Waals surface area contributed by atoms with Crippen molar-refractivity contribution >= 4 is 58.2 Å². The van der Waals surface area contributed by atoms with Crippen molar-refractivity contribution in [2.45, 2.75) is 26.2 Å². The highest BCUT2D eigenvalue weighted by atomic mass is 35.5. The summed E-state index contributed by atoms with van der Waals surface area (Å²) in [6.07, 6.45) is 5.16. The number of likely N-dealkylation sites (tertiary alicyclic amines) is 1. The van der Waals surface area contributed by atoms with E-state index in [0.29, 0.717) is 47.2 Å². The summed E-state index contributed by atoms with van der Waals surface area (Å²) < 4.78 is 0. The molecule has 2 fully saturated rings. The van der Waals surface area contributed by atoms with Crippen LogP contribution in [0.2, 0.25) is 10.0 Å². The van der Waals surface area contributed by atoms with Crippen LogP contribution in [0.5, 0.6) is 0 Å². The van der Waals surface area contributed by atoms with Gasteiger partial charge in [-0.15, -0.1) is 0 Å². The zero-order valence-corrected chi connectivity index (χ0v) is 21.2. The lowest BCUT2D eigenvalue weighted by Gasteiger charge is -2.29. The Hall–Kier alpha value is -3.16. The molecule has 186 valence electrons. The van der Waals surface area contributed by atoms with Crippen LogP contribution in [0.4, 0.5) is 11.4 Å². The largest absolute Gasteiger partial charge is 0.312 e. The van der Waals surface area contributed by atoms with Crippen LogP contribution in [0.1, 0.15) is 24.8 Å². The number of carbonyl (C=O) groups is 4.